The minimum atomic E-state index is 0.194. The molecule has 0 fully saturated rings. The van der Waals surface area contributed by atoms with Gasteiger partial charge in [0.25, 0.3) is 0 Å². The Labute approximate surface area is 119 Å². The largest absolute Gasteiger partial charge is 0.288 e. The first kappa shape index (κ1) is 14.0. The maximum Gasteiger partial charge on any atom is 0.203 e. The second-order valence-corrected chi connectivity index (χ2v) is 5.57. The summed E-state index contributed by atoms with van der Waals surface area (Å²) in [6.07, 6.45) is 2.78. The van der Waals surface area contributed by atoms with Crippen LogP contribution in [0.3, 0.4) is 0 Å². The van der Waals surface area contributed by atoms with Crippen LogP contribution in [0.5, 0.6) is 0 Å². The van der Waals surface area contributed by atoms with E-state index in [0.29, 0.717) is 0 Å². The van der Waals surface area contributed by atoms with Crippen LogP contribution in [0, 0.1) is 0 Å². The summed E-state index contributed by atoms with van der Waals surface area (Å²) in [6, 6.07) is 8.36. The molecule has 0 unspecified atom stereocenters. The molecule has 1 heterocycles. The van der Waals surface area contributed by atoms with Crippen molar-refractivity contribution in [2.75, 3.05) is 0 Å². The van der Waals surface area contributed by atoms with Crippen LogP contribution in [0.25, 0.3) is 0 Å². The minimum Gasteiger partial charge on any atom is -0.288 e. The SMILES string of the molecule is CCc1ccc(CC)c(C(=O)c2sccc2CC)c1. The number of benzene rings is 1. The summed E-state index contributed by atoms with van der Waals surface area (Å²) in [6.45, 7) is 6.33. The lowest BCUT2D eigenvalue weighted by atomic mass is 9.96. The Kier molecular flexibility index (Phi) is 4.54. The molecule has 0 spiro atoms. The molecule has 1 aromatic carbocycles. The van der Waals surface area contributed by atoms with Crippen molar-refractivity contribution < 1.29 is 4.79 Å². The van der Waals surface area contributed by atoms with E-state index in [1.54, 1.807) is 11.3 Å². The summed E-state index contributed by atoms with van der Waals surface area (Å²) in [5.74, 6) is 0.194. The average molecular weight is 272 g/mol. The van der Waals surface area contributed by atoms with Crippen LogP contribution in [-0.2, 0) is 19.3 Å². The topological polar surface area (TPSA) is 17.1 Å². The van der Waals surface area contributed by atoms with Gasteiger partial charge in [0.05, 0.1) is 4.88 Å². The molecule has 0 atom stereocenters. The fourth-order valence-corrected chi connectivity index (χ4v) is 3.25. The summed E-state index contributed by atoms with van der Waals surface area (Å²) >= 11 is 1.56. The van der Waals surface area contributed by atoms with Crippen LogP contribution in [0.2, 0.25) is 0 Å². The predicted octanol–water partition coefficient (Wildman–Crippen LogP) is 4.67. The molecule has 0 saturated carbocycles. The summed E-state index contributed by atoms with van der Waals surface area (Å²) in [5, 5.41) is 2.02. The van der Waals surface area contributed by atoms with Crippen LogP contribution in [0.15, 0.2) is 29.6 Å². The number of carbonyl (C=O) groups is 1. The summed E-state index contributed by atoms with van der Waals surface area (Å²) in [4.78, 5) is 13.7. The first-order valence-corrected chi connectivity index (χ1v) is 7.82. The van der Waals surface area contributed by atoms with Gasteiger partial charge >= 0.3 is 0 Å². The molecule has 0 saturated heterocycles. The molecular formula is C17H20OS. The molecular weight excluding hydrogens is 252 g/mol. The van der Waals surface area contributed by atoms with E-state index in [1.807, 2.05) is 5.38 Å². The first-order chi connectivity index (χ1) is 9.21. The van der Waals surface area contributed by atoms with Gasteiger partial charge in [-0.15, -0.1) is 11.3 Å². The van der Waals surface area contributed by atoms with E-state index in [4.69, 9.17) is 0 Å². The molecule has 0 N–H and O–H groups in total. The molecule has 2 heteroatoms. The van der Waals surface area contributed by atoms with E-state index >= 15 is 0 Å². The Hall–Kier alpha value is -1.41. The fraction of sp³-hybridized carbons (Fsp3) is 0.353. The Morgan fingerprint density at radius 3 is 2.37 bits per heavy atom. The summed E-state index contributed by atoms with van der Waals surface area (Å²) < 4.78 is 0. The predicted molar refractivity (Wildman–Crippen MR) is 82.3 cm³/mol. The number of thiophene rings is 1. The minimum absolute atomic E-state index is 0.194. The summed E-state index contributed by atoms with van der Waals surface area (Å²) in [5.41, 5.74) is 4.44. The van der Waals surface area contributed by atoms with Crippen molar-refractivity contribution in [1.29, 1.82) is 0 Å². The van der Waals surface area contributed by atoms with Gasteiger partial charge in [0, 0.05) is 5.56 Å². The van der Waals surface area contributed by atoms with Crippen molar-refractivity contribution in [2.45, 2.75) is 40.0 Å². The van der Waals surface area contributed by atoms with Crippen molar-refractivity contribution in [1.82, 2.24) is 0 Å². The molecule has 19 heavy (non-hydrogen) atoms. The van der Waals surface area contributed by atoms with Crippen molar-refractivity contribution in [3.8, 4) is 0 Å². The number of ketones is 1. The van der Waals surface area contributed by atoms with Crippen LogP contribution in [0.1, 0.15) is 52.7 Å². The average Bonchev–Trinajstić information content (AvgIpc) is 2.94. The van der Waals surface area contributed by atoms with E-state index < -0.39 is 0 Å². The standard InChI is InChI=1S/C17H20OS/c1-4-12-7-8-13(5-2)15(11-12)16(18)17-14(6-3)9-10-19-17/h7-11H,4-6H2,1-3H3. The second-order valence-electron chi connectivity index (χ2n) is 4.66. The van der Waals surface area contributed by atoms with Crippen molar-refractivity contribution in [3.05, 3.63) is 56.8 Å². The zero-order valence-corrected chi connectivity index (χ0v) is 12.6. The quantitative estimate of drug-likeness (QED) is 0.723. The highest BCUT2D eigenvalue weighted by Gasteiger charge is 2.17. The Morgan fingerprint density at radius 1 is 1.00 bits per heavy atom. The first-order valence-electron chi connectivity index (χ1n) is 6.94. The van der Waals surface area contributed by atoms with E-state index in [-0.39, 0.29) is 5.78 Å². The van der Waals surface area contributed by atoms with Crippen LogP contribution < -0.4 is 0 Å². The van der Waals surface area contributed by atoms with Gasteiger partial charge in [-0.2, -0.15) is 0 Å². The number of hydrogen-bond acceptors (Lipinski definition) is 2. The normalized spacial score (nSPS) is 10.7. The van der Waals surface area contributed by atoms with E-state index in [1.165, 1.54) is 11.1 Å². The molecule has 1 nitrogen and oxygen atoms in total. The van der Waals surface area contributed by atoms with E-state index in [0.717, 1.165) is 35.3 Å². The molecule has 1 aromatic heterocycles. The Balaban J connectivity index is 2.48. The highest BCUT2D eigenvalue weighted by atomic mass is 32.1. The van der Waals surface area contributed by atoms with Gasteiger partial charge < -0.3 is 0 Å². The lowest BCUT2D eigenvalue weighted by molar-refractivity contribution is 0.104. The Bertz CT molecular complexity index is 581. The number of aryl methyl sites for hydroxylation is 3. The Morgan fingerprint density at radius 2 is 1.74 bits per heavy atom. The van der Waals surface area contributed by atoms with E-state index in [2.05, 4.69) is 45.0 Å². The van der Waals surface area contributed by atoms with Gasteiger partial charge in [-0.3, -0.25) is 4.79 Å². The number of carbonyl (C=O) groups excluding carboxylic acids is 1. The molecule has 0 aliphatic rings. The lowest BCUT2D eigenvalue weighted by Crippen LogP contribution is -2.06. The van der Waals surface area contributed by atoms with Gasteiger partial charge in [0.15, 0.2) is 0 Å². The molecule has 2 aromatic rings. The van der Waals surface area contributed by atoms with E-state index in [9.17, 15) is 4.79 Å². The monoisotopic (exact) mass is 272 g/mol. The second kappa shape index (κ2) is 6.16. The fourth-order valence-electron chi connectivity index (χ4n) is 2.30. The zero-order chi connectivity index (χ0) is 13.8. The van der Waals surface area contributed by atoms with Gasteiger partial charge in [-0.1, -0.05) is 32.9 Å². The highest BCUT2D eigenvalue weighted by molar-refractivity contribution is 7.12. The number of rotatable bonds is 5. The summed E-state index contributed by atoms with van der Waals surface area (Å²) in [7, 11) is 0. The lowest BCUT2D eigenvalue weighted by Gasteiger charge is -2.09. The van der Waals surface area contributed by atoms with Crippen molar-refractivity contribution in [2.24, 2.45) is 0 Å². The smallest absolute Gasteiger partial charge is 0.203 e. The third kappa shape index (κ3) is 2.79. The van der Waals surface area contributed by atoms with Gasteiger partial charge in [0.2, 0.25) is 5.78 Å². The third-order valence-electron chi connectivity index (χ3n) is 3.54. The molecule has 0 bridgehead atoms. The molecule has 100 valence electrons. The highest BCUT2D eigenvalue weighted by Crippen LogP contribution is 2.24. The zero-order valence-electron chi connectivity index (χ0n) is 11.8. The van der Waals surface area contributed by atoms with Crippen LogP contribution in [0.4, 0.5) is 0 Å². The third-order valence-corrected chi connectivity index (χ3v) is 4.50. The maximum absolute atomic E-state index is 12.7. The van der Waals surface area contributed by atoms with Crippen molar-refractivity contribution >= 4 is 17.1 Å². The maximum atomic E-state index is 12.7. The van der Waals surface area contributed by atoms with Gasteiger partial charge in [0.1, 0.15) is 0 Å². The molecule has 0 amide bonds. The van der Waals surface area contributed by atoms with Gasteiger partial charge in [-0.25, -0.2) is 0 Å². The van der Waals surface area contributed by atoms with Crippen LogP contribution in [-0.4, -0.2) is 5.78 Å². The number of hydrogen-bond donors (Lipinski definition) is 0. The molecule has 0 aliphatic carbocycles. The molecule has 0 aliphatic heterocycles. The van der Waals surface area contributed by atoms with Crippen molar-refractivity contribution in [3.63, 3.8) is 0 Å². The molecule has 0 radical (unpaired) electrons. The molecule has 2 rings (SSSR count). The van der Waals surface area contributed by atoms with Gasteiger partial charge in [-0.05, 0) is 53.5 Å². The van der Waals surface area contributed by atoms with Crippen LogP contribution >= 0.6 is 11.3 Å².